The molecule has 0 radical (unpaired) electrons. The van der Waals surface area contributed by atoms with Gasteiger partial charge in [0.05, 0.1) is 18.8 Å². The van der Waals surface area contributed by atoms with Gasteiger partial charge in [-0.15, -0.1) is 0 Å². The molecule has 20 nitrogen and oxygen atoms in total. The lowest BCUT2D eigenvalue weighted by Gasteiger charge is -2.47. The van der Waals surface area contributed by atoms with Crippen LogP contribution in [-0.2, 0) is 28.5 Å². The summed E-state index contributed by atoms with van der Waals surface area (Å²) in [6, 6.07) is -2.01. The number of rotatable bonds is 20. The number of aliphatic hydroxyl groups excluding tert-OH is 8. The standard InChI is InChI=1S/C38H62N4O16/c1-19(2)13-11-9-7-5-4-6-8-10-12-14-24(46)40-27-31(51)28(48)22(55-37(27)58-36-26(39-20(3)44)30(50)29(49)23(18-43)56-36)17-21(45)34-32(52)33(53)35(57-34)42-16-15-25(47)41-38(42)54/h12,14-16,19,21-23,26-37,43,45,48-53H,4-11,13,17-18H2,1-3H3,(H,39,44)(H,40,46)(H,41,47,54)/b14-12-. The molecule has 0 spiro atoms. The Hall–Kier alpha value is -3.12. The summed E-state index contributed by atoms with van der Waals surface area (Å²) in [6.45, 7) is 4.78. The highest BCUT2D eigenvalue weighted by Crippen LogP contribution is 2.34. The van der Waals surface area contributed by atoms with Crippen LogP contribution in [0, 0.1) is 5.92 Å². The van der Waals surface area contributed by atoms with E-state index in [1.165, 1.54) is 31.8 Å². The van der Waals surface area contributed by atoms with Crippen molar-refractivity contribution in [3.05, 3.63) is 45.3 Å². The van der Waals surface area contributed by atoms with Crippen molar-refractivity contribution in [2.75, 3.05) is 6.61 Å². The molecule has 15 unspecified atom stereocenters. The number of hydrogen-bond donors (Lipinski definition) is 11. The van der Waals surface area contributed by atoms with Gasteiger partial charge in [-0.1, -0.05) is 64.9 Å². The number of hydrogen-bond acceptors (Lipinski definition) is 16. The molecule has 1 aromatic rings. The lowest BCUT2D eigenvalue weighted by molar-refractivity contribution is -0.346. The second-order valence-electron chi connectivity index (χ2n) is 15.8. The topological polar surface area (TPSA) is 312 Å². The zero-order valence-electron chi connectivity index (χ0n) is 33.1. The van der Waals surface area contributed by atoms with Crippen molar-refractivity contribution in [1.82, 2.24) is 20.2 Å². The molecular formula is C38H62N4O16. The number of carbonyl (C=O) groups excluding carboxylic acids is 2. The third kappa shape index (κ3) is 12.7. The lowest BCUT2D eigenvalue weighted by atomic mass is 9.91. The number of nitrogens with zero attached hydrogens (tertiary/aromatic N) is 1. The molecule has 58 heavy (non-hydrogen) atoms. The molecule has 0 aromatic carbocycles. The lowest BCUT2D eigenvalue weighted by Crippen LogP contribution is -2.68. The Morgan fingerprint density at radius 3 is 2.02 bits per heavy atom. The van der Waals surface area contributed by atoms with Crippen LogP contribution in [0.2, 0.25) is 0 Å². The average Bonchev–Trinajstić information content (AvgIpc) is 3.46. The van der Waals surface area contributed by atoms with E-state index in [4.69, 9.17) is 18.9 Å². The Morgan fingerprint density at radius 2 is 1.41 bits per heavy atom. The van der Waals surface area contributed by atoms with Gasteiger partial charge in [0, 0.05) is 25.6 Å². The normalized spacial score (nSPS) is 34.7. The van der Waals surface area contributed by atoms with E-state index >= 15 is 0 Å². The second kappa shape index (κ2) is 22.5. The van der Waals surface area contributed by atoms with Gasteiger partial charge in [0.25, 0.3) is 5.56 Å². The van der Waals surface area contributed by atoms with E-state index in [0.29, 0.717) is 12.3 Å². The van der Waals surface area contributed by atoms with E-state index in [2.05, 4.69) is 24.5 Å². The van der Waals surface area contributed by atoms with Gasteiger partial charge in [-0.3, -0.25) is 23.9 Å². The van der Waals surface area contributed by atoms with Gasteiger partial charge in [-0.05, 0) is 24.8 Å². The van der Waals surface area contributed by atoms with Crippen molar-refractivity contribution < 1.29 is 69.4 Å². The molecule has 1 aromatic heterocycles. The van der Waals surface area contributed by atoms with E-state index in [1.54, 1.807) is 6.08 Å². The Kier molecular flexibility index (Phi) is 18.4. The summed E-state index contributed by atoms with van der Waals surface area (Å²) in [6.07, 6.45) is -8.97. The number of carbonyl (C=O) groups is 2. The molecule has 3 fully saturated rings. The quantitative estimate of drug-likeness (QED) is 0.0479. The van der Waals surface area contributed by atoms with Crippen LogP contribution in [0.5, 0.6) is 0 Å². The van der Waals surface area contributed by atoms with Crippen molar-refractivity contribution in [2.45, 2.75) is 177 Å². The Morgan fingerprint density at radius 1 is 0.828 bits per heavy atom. The molecule has 0 aliphatic carbocycles. The number of aliphatic hydroxyl groups is 8. The summed E-state index contributed by atoms with van der Waals surface area (Å²) in [5.41, 5.74) is -1.68. The maximum atomic E-state index is 13.1. The second-order valence-corrected chi connectivity index (χ2v) is 15.8. The van der Waals surface area contributed by atoms with Gasteiger partial charge < -0.3 is 70.4 Å². The Bertz CT molecular complexity index is 1590. The third-order valence-electron chi connectivity index (χ3n) is 10.7. The minimum atomic E-state index is -1.85. The maximum Gasteiger partial charge on any atom is 0.330 e. The number of nitrogens with one attached hydrogen (secondary N) is 3. The fourth-order valence-corrected chi connectivity index (χ4v) is 7.45. The summed E-state index contributed by atoms with van der Waals surface area (Å²) in [7, 11) is 0. The van der Waals surface area contributed by atoms with Crippen molar-refractivity contribution in [3.63, 3.8) is 0 Å². The van der Waals surface area contributed by atoms with Crippen molar-refractivity contribution in [3.8, 4) is 0 Å². The molecule has 4 rings (SSSR count). The zero-order valence-corrected chi connectivity index (χ0v) is 33.1. The zero-order chi connectivity index (χ0) is 42.7. The fourth-order valence-electron chi connectivity index (χ4n) is 7.45. The molecule has 11 N–H and O–H groups in total. The number of amides is 2. The first-order valence-corrected chi connectivity index (χ1v) is 20.1. The number of unbranched alkanes of at least 4 members (excludes halogenated alkanes) is 7. The summed E-state index contributed by atoms with van der Waals surface area (Å²) < 4.78 is 24.1. The molecule has 0 saturated carbocycles. The number of aromatic nitrogens is 2. The summed E-state index contributed by atoms with van der Waals surface area (Å²) >= 11 is 0. The molecule has 3 aliphatic heterocycles. The molecule has 2 amide bonds. The molecule has 4 heterocycles. The van der Waals surface area contributed by atoms with Crippen LogP contribution in [0.25, 0.3) is 0 Å². The molecule has 3 aliphatic rings. The highest BCUT2D eigenvalue weighted by atomic mass is 16.8. The van der Waals surface area contributed by atoms with E-state index < -0.39 is 128 Å². The molecule has 330 valence electrons. The first kappa shape index (κ1) is 47.6. The molecule has 20 heteroatoms. The third-order valence-corrected chi connectivity index (χ3v) is 10.7. The first-order chi connectivity index (χ1) is 27.5. The molecule has 15 atom stereocenters. The van der Waals surface area contributed by atoms with Crippen LogP contribution in [-0.4, -0.2) is 155 Å². The largest absolute Gasteiger partial charge is 0.394 e. The van der Waals surface area contributed by atoms with Crippen molar-refractivity contribution in [2.24, 2.45) is 5.92 Å². The van der Waals surface area contributed by atoms with Crippen LogP contribution < -0.4 is 21.9 Å². The predicted octanol–water partition coefficient (Wildman–Crippen LogP) is -2.48. The minimum Gasteiger partial charge on any atom is -0.394 e. The Labute approximate surface area is 335 Å². The highest BCUT2D eigenvalue weighted by Gasteiger charge is 2.53. The fraction of sp³-hybridized carbons (Fsp3) is 0.789. The van der Waals surface area contributed by atoms with E-state index in [1.807, 2.05) is 4.98 Å². The smallest absolute Gasteiger partial charge is 0.330 e. The molecule has 3 saturated heterocycles. The van der Waals surface area contributed by atoms with Crippen LogP contribution in [0.1, 0.15) is 91.2 Å². The van der Waals surface area contributed by atoms with Gasteiger partial charge >= 0.3 is 5.69 Å². The summed E-state index contributed by atoms with van der Waals surface area (Å²) in [4.78, 5) is 51.1. The monoisotopic (exact) mass is 830 g/mol. The van der Waals surface area contributed by atoms with Gasteiger partial charge in [0.2, 0.25) is 11.8 Å². The number of H-pyrrole nitrogens is 1. The molecule has 0 bridgehead atoms. The van der Waals surface area contributed by atoms with Crippen molar-refractivity contribution in [1.29, 1.82) is 0 Å². The van der Waals surface area contributed by atoms with E-state index in [0.717, 1.165) is 49.4 Å². The van der Waals surface area contributed by atoms with Crippen LogP contribution in [0.15, 0.2) is 34.0 Å². The van der Waals surface area contributed by atoms with E-state index in [-0.39, 0.29) is 0 Å². The van der Waals surface area contributed by atoms with Gasteiger partial charge in [-0.25, -0.2) is 4.79 Å². The maximum absolute atomic E-state index is 13.1. The van der Waals surface area contributed by atoms with Gasteiger partial charge in [-0.2, -0.15) is 0 Å². The Balaban J connectivity index is 1.46. The summed E-state index contributed by atoms with van der Waals surface area (Å²) in [5, 5.41) is 91.4. The number of allylic oxidation sites excluding steroid dienone is 1. The van der Waals surface area contributed by atoms with Crippen LogP contribution in [0.4, 0.5) is 0 Å². The highest BCUT2D eigenvalue weighted by molar-refractivity contribution is 5.87. The first-order valence-electron chi connectivity index (χ1n) is 20.1. The predicted molar refractivity (Wildman–Crippen MR) is 202 cm³/mol. The minimum absolute atomic E-state index is 0.598. The van der Waals surface area contributed by atoms with Crippen molar-refractivity contribution >= 4 is 11.8 Å². The van der Waals surface area contributed by atoms with Gasteiger partial charge in [0.1, 0.15) is 60.9 Å². The van der Waals surface area contributed by atoms with Crippen LogP contribution >= 0.6 is 0 Å². The molecular weight excluding hydrogens is 768 g/mol. The number of aromatic amines is 1. The summed E-state index contributed by atoms with van der Waals surface area (Å²) in [5.74, 6) is -0.641. The SMILES string of the molecule is CC(=O)NC1C(OC2OC(CC(O)C3OC(n4ccc(=O)[nH]c4=O)C(O)C3O)C(O)C(O)C2NC(=O)/C=C\CCCCCCCCCC(C)C)OC(CO)C(O)C1O. The van der Waals surface area contributed by atoms with Gasteiger partial charge in [0.15, 0.2) is 18.8 Å². The van der Waals surface area contributed by atoms with E-state index in [9.17, 15) is 60.0 Å². The number of ether oxygens (including phenoxy) is 4. The average molecular weight is 831 g/mol. The van der Waals surface area contributed by atoms with Crippen LogP contribution in [0.3, 0.4) is 0 Å².